The molecule has 0 aromatic carbocycles. The summed E-state index contributed by atoms with van der Waals surface area (Å²) in [5.74, 6) is 1.12. The zero-order valence-electron chi connectivity index (χ0n) is 11.6. The second-order valence-corrected chi connectivity index (χ2v) is 7.63. The Hall–Kier alpha value is -0.240. The molecular weight excluding hydrogens is 256 g/mol. The van der Waals surface area contributed by atoms with Crippen molar-refractivity contribution in [2.75, 3.05) is 12.4 Å². The number of nitrogens with one attached hydrogen (secondary N) is 1. The number of nitrogens with zero attached hydrogens (tertiary/aromatic N) is 1. The van der Waals surface area contributed by atoms with Crippen LogP contribution in [0.1, 0.15) is 51.4 Å². The van der Waals surface area contributed by atoms with Crippen molar-refractivity contribution in [1.82, 2.24) is 5.32 Å². The molecule has 0 spiro atoms. The van der Waals surface area contributed by atoms with E-state index < -0.39 is 0 Å². The molecule has 3 nitrogen and oxygen atoms in total. The molecule has 1 aliphatic heterocycles. The highest BCUT2D eigenvalue weighted by Crippen LogP contribution is 2.37. The van der Waals surface area contributed by atoms with Gasteiger partial charge in [-0.15, -0.1) is 0 Å². The van der Waals surface area contributed by atoms with Crippen molar-refractivity contribution in [3.8, 4) is 6.07 Å². The Balaban J connectivity index is 1.49. The van der Waals surface area contributed by atoms with Crippen molar-refractivity contribution in [2.45, 2.75) is 74.3 Å². The summed E-state index contributed by atoms with van der Waals surface area (Å²) in [4.78, 5) is 0. The fraction of sp³-hybridized carbons (Fsp3) is 0.933. The molecular formula is C15H24N2OS. The molecule has 3 fully saturated rings. The summed E-state index contributed by atoms with van der Waals surface area (Å²) >= 11 is 2.04. The van der Waals surface area contributed by atoms with E-state index in [1.807, 2.05) is 11.8 Å². The topological polar surface area (TPSA) is 45.0 Å². The molecule has 3 atom stereocenters. The Morgan fingerprint density at radius 1 is 1.26 bits per heavy atom. The minimum atomic E-state index is -0.229. The van der Waals surface area contributed by atoms with Crippen LogP contribution in [0.25, 0.3) is 0 Å². The predicted octanol–water partition coefficient (Wildman–Crippen LogP) is 2.86. The van der Waals surface area contributed by atoms with Crippen molar-refractivity contribution in [2.24, 2.45) is 0 Å². The third kappa shape index (κ3) is 3.65. The first-order valence-electron chi connectivity index (χ1n) is 7.72. The van der Waals surface area contributed by atoms with E-state index >= 15 is 0 Å². The van der Waals surface area contributed by atoms with Crippen LogP contribution in [0.2, 0.25) is 0 Å². The minimum absolute atomic E-state index is 0.229. The maximum absolute atomic E-state index is 9.57. The van der Waals surface area contributed by atoms with Crippen LogP contribution in [0.5, 0.6) is 0 Å². The molecule has 3 aliphatic rings. The van der Waals surface area contributed by atoms with Gasteiger partial charge in [0.2, 0.25) is 0 Å². The Morgan fingerprint density at radius 3 is 2.84 bits per heavy atom. The van der Waals surface area contributed by atoms with E-state index in [9.17, 15) is 5.26 Å². The summed E-state index contributed by atoms with van der Waals surface area (Å²) in [6.07, 6.45) is 9.97. The Bertz CT molecular complexity index is 347. The SMILES string of the molecule is N#CC1(NC2CC2)CCCC(SCC2CCCO2)C1. The number of hydrogen-bond donors (Lipinski definition) is 1. The summed E-state index contributed by atoms with van der Waals surface area (Å²) in [7, 11) is 0. The first-order chi connectivity index (χ1) is 9.30. The molecule has 3 rings (SSSR count). The summed E-state index contributed by atoms with van der Waals surface area (Å²) in [5.41, 5.74) is -0.229. The van der Waals surface area contributed by atoms with Crippen molar-refractivity contribution in [3.63, 3.8) is 0 Å². The van der Waals surface area contributed by atoms with Gasteiger partial charge in [0.15, 0.2) is 0 Å². The monoisotopic (exact) mass is 280 g/mol. The maximum Gasteiger partial charge on any atom is 0.108 e. The van der Waals surface area contributed by atoms with Crippen LogP contribution in [-0.2, 0) is 4.74 Å². The highest BCUT2D eigenvalue weighted by Gasteiger charge is 2.40. The van der Waals surface area contributed by atoms with E-state index in [1.165, 1.54) is 38.5 Å². The Labute approximate surface area is 120 Å². The van der Waals surface area contributed by atoms with Gasteiger partial charge < -0.3 is 4.74 Å². The average molecular weight is 280 g/mol. The van der Waals surface area contributed by atoms with Crippen LogP contribution in [0.4, 0.5) is 0 Å². The summed E-state index contributed by atoms with van der Waals surface area (Å²) in [6, 6.07) is 3.22. The van der Waals surface area contributed by atoms with E-state index in [1.54, 1.807) is 0 Å². The predicted molar refractivity (Wildman–Crippen MR) is 78.2 cm³/mol. The lowest BCUT2D eigenvalue weighted by atomic mass is 9.82. The van der Waals surface area contributed by atoms with Gasteiger partial charge in [0, 0.05) is 23.7 Å². The van der Waals surface area contributed by atoms with Gasteiger partial charge in [0.05, 0.1) is 12.2 Å². The van der Waals surface area contributed by atoms with Gasteiger partial charge in [0.1, 0.15) is 5.54 Å². The van der Waals surface area contributed by atoms with E-state index in [0.717, 1.165) is 25.2 Å². The largest absolute Gasteiger partial charge is 0.377 e. The standard InChI is InChI=1S/C15H24N2OS/c16-11-15(17-12-5-6-12)7-1-4-14(9-15)19-10-13-3-2-8-18-13/h12-14,17H,1-10H2. The molecule has 1 heterocycles. The zero-order chi connectivity index (χ0) is 13.1. The molecule has 0 radical (unpaired) electrons. The van der Waals surface area contributed by atoms with Crippen molar-refractivity contribution in [3.05, 3.63) is 0 Å². The molecule has 0 aromatic rings. The Morgan fingerprint density at radius 2 is 2.16 bits per heavy atom. The maximum atomic E-state index is 9.57. The average Bonchev–Trinajstić information content (AvgIpc) is 3.08. The van der Waals surface area contributed by atoms with Crippen LogP contribution in [0.15, 0.2) is 0 Å². The van der Waals surface area contributed by atoms with E-state index in [0.29, 0.717) is 17.4 Å². The van der Waals surface area contributed by atoms with Crippen LogP contribution < -0.4 is 5.32 Å². The van der Waals surface area contributed by atoms with Crippen LogP contribution in [0.3, 0.4) is 0 Å². The lowest BCUT2D eigenvalue weighted by Crippen LogP contribution is -2.49. The summed E-state index contributed by atoms with van der Waals surface area (Å²) < 4.78 is 5.70. The van der Waals surface area contributed by atoms with Gasteiger partial charge in [-0.05, 0) is 51.4 Å². The third-order valence-corrected chi connectivity index (χ3v) is 5.96. The zero-order valence-corrected chi connectivity index (χ0v) is 12.4. The number of hydrogen-bond acceptors (Lipinski definition) is 4. The second-order valence-electron chi connectivity index (χ2n) is 6.30. The Kier molecular flexibility index (Phi) is 4.36. The number of thioether (sulfide) groups is 1. The van der Waals surface area contributed by atoms with Gasteiger partial charge in [-0.2, -0.15) is 17.0 Å². The lowest BCUT2D eigenvalue weighted by molar-refractivity contribution is 0.128. The first-order valence-corrected chi connectivity index (χ1v) is 8.77. The molecule has 4 heteroatoms. The molecule has 0 amide bonds. The van der Waals surface area contributed by atoms with E-state index in [-0.39, 0.29) is 5.54 Å². The van der Waals surface area contributed by atoms with E-state index in [2.05, 4.69) is 11.4 Å². The molecule has 2 saturated carbocycles. The fourth-order valence-electron chi connectivity index (χ4n) is 3.27. The normalized spacial score (nSPS) is 39.1. The third-order valence-electron chi connectivity index (χ3n) is 4.52. The highest BCUT2D eigenvalue weighted by atomic mass is 32.2. The number of ether oxygens (including phenoxy) is 1. The van der Waals surface area contributed by atoms with Gasteiger partial charge >= 0.3 is 0 Å². The highest BCUT2D eigenvalue weighted by molar-refractivity contribution is 7.99. The second kappa shape index (κ2) is 6.03. The summed E-state index contributed by atoms with van der Waals surface area (Å²) in [6.45, 7) is 0.946. The smallest absolute Gasteiger partial charge is 0.108 e. The van der Waals surface area contributed by atoms with Crippen LogP contribution in [0, 0.1) is 11.3 Å². The molecule has 2 aliphatic carbocycles. The lowest BCUT2D eigenvalue weighted by Gasteiger charge is -2.36. The van der Waals surface area contributed by atoms with Gasteiger partial charge in [-0.25, -0.2) is 0 Å². The van der Waals surface area contributed by atoms with Crippen LogP contribution >= 0.6 is 11.8 Å². The molecule has 0 bridgehead atoms. The molecule has 1 N–H and O–H groups in total. The fourth-order valence-corrected chi connectivity index (χ4v) is 4.75. The number of rotatable bonds is 5. The molecule has 1 saturated heterocycles. The quantitative estimate of drug-likeness (QED) is 0.841. The first kappa shape index (κ1) is 13.7. The molecule has 0 aromatic heterocycles. The van der Waals surface area contributed by atoms with Gasteiger partial charge in [-0.3, -0.25) is 5.32 Å². The van der Waals surface area contributed by atoms with Gasteiger partial charge in [-0.1, -0.05) is 0 Å². The van der Waals surface area contributed by atoms with Gasteiger partial charge in [0.25, 0.3) is 0 Å². The van der Waals surface area contributed by atoms with Crippen molar-refractivity contribution in [1.29, 1.82) is 5.26 Å². The summed E-state index contributed by atoms with van der Waals surface area (Å²) in [5, 5.41) is 13.8. The molecule has 3 unspecified atom stereocenters. The van der Waals surface area contributed by atoms with Crippen LogP contribution in [-0.4, -0.2) is 35.3 Å². The van der Waals surface area contributed by atoms with Crippen molar-refractivity contribution >= 4 is 11.8 Å². The molecule has 19 heavy (non-hydrogen) atoms. The van der Waals surface area contributed by atoms with E-state index in [4.69, 9.17) is 4.74 Å². The number of nitriles is 1. The molecule has 106 valence electrons. The minimum Gasteiger partial charge on any atom is -0.377 e. The van der Waals surface area contributed by atoms with Crippen molar-refractivity contribution < 1.29 is 4.74 Å².